The molecule has 0 saturated heterocycles. The van der Waals surface area contributed by atoms with Crippen LogP contribution in [0.4, 0.5) is 0 Å². The minimum absolute atomic E-state index is 0.0153. The maximum absolute atomic E-state index is 12.4. The predicted octanol–water partition coefficient (Wildman–Crippen LogP) is 1.25. The Kier molecular flexibility index (Phi) is 12.6. The number of rotatable bonds is 13. The van der Waals surface area contributed by atoms with E-state index in [2.05, 4.69) is 23.3 Å². The average molecular weight is 360 g/mol. The number of nitrogens with one attached hydrogen (secondary N) is 2. The third-order valence-corrected chi connectivity index (χ3v) is 4.24. The third kappa shape index (κ3) is 9.27. The van der Waals surface area contributed by atoms with E-state index in [0.717, 1.165) is 25.0 Å². The Morgan fingerprint density at radius 1 is 1.08 bits per heavy atom. The molecule has 2 amide bonds. The van der Waals surface area contributed by atoms with E-state index in [-0.39, 0.29) is 29.9 Å². The number of unbranched alkanes of at least 4 members (excludes halogenated alkanes) is 2. The van der Waals surface area contributed by atoms with Crippen molar-refractivity contribution in [3.05, 3.63) is 0 Å². The van der Waals surface area contributed by atoms with E-state index in [9.17, 15) is 14.4 Å². The van der Waals surface area contributed by atoms with Crippen LogP contribution in [-0.4, -0.2) is 61.5 Å². The van der Waals surface area contributed by atoms with Gasteiger partial charge in [-0.25, -0.2) is 0 Å². The average Bonchev–Trinajstić information content (AvgIpc) is 2.55. The Bertz CT molecular complexity index is 403. The first-order valence-electron chi connectivity index (χ1n) is 8.66. The van der Waals surface area contributed by atoms with Crippen LogP contribution in [0.15, 0.2) is 0 Å². The van der Waals surface area contributed by atoms with Gasteiger partial charge in [0.2, 0.25) is 11.8 Å². The van der Waals surface area contributed by atoms with Gasteiger partial charge in [0.05, 0.1) is 0 Å². The molecule has 0 aliphatic carbocycles. The lowest BCUT2D eigenvalue weighted by molar-refractivity contribution is -0.141. The molecule has 1 atom stereocenters. The lowest BCUT2D eigenvalue weighted by Crippen LogP contribution is -2.50. The molecule has 0 aliphatic rings. The molecule has 0 spiro atoms. The van der Waals surface area contributed by atoms with Crippen molar-refractivity contribution in [2.24, 2.45) is 5.92 Å². The molecule has 0 aromatic carbocycles. The summed E-state index contributed by atoms with van der Waals surface area (Å²) in [6.45, 7) is 4.71. The van der Waals surface area contributed by atoms with Gasteiger partial charge in [0.25, 0.3) is 0 Å². The molecule has 6 nitrogen and oxygen atoms in total. The molecule has 2 N–H and O–H groups in total. The number of hydrogen-bond donors (Lipinski definition) is 3. The maximum atomic E-state index is 12.4. The number of ketones is 1. The molecule has 0 unspecified atom stereocenters. The molecule has 140 valence electrons. The lowest BCUT2D eigenvalue weighted by atomic mass is 9.99. The van der Waals surface area contributed by atoms with Crippen molar-refractivity contribution in [3.63, 3.8) is 0 Å². The highest BCUT2D eigenvalue weighted by molar-refractivity contribution is 7.80. The van der Waals surface area contributed by atoms with Crippen LogP contribution in [-0.2, 0) is 14.4 Å². The van der Waals surface area contributed by atoms with Gasteiger partial charge in [-0.05, 0) is 25.6 Å². The van der Waals surface area contributed by atoms with Crippen LogP contribution in [0.5, 0.6) is 0 Å². The molecule has 0 saturated carbocycles. The third-order valence-electron chi connectivity index (χ3n) is 3.93. The van der Waals surface area contributed by atoms with Crippen molar-refractivity contribution < 1.29 is 14.4 Å². The zero-order chi connectivity index (χ0) is 18.5. The Morgan fingerprint density at radius 2 is 1.75 bits per heavy atom. The Hall–Kier alpha value is -1.08. The van der Waals surface area contributed by atoms with Crippen molar-refractivity contribution in [2.75, 3.05) is 32.9 Å². The van der Waals surface area contributed by atoms with Crippen LogP contribution in [0.2, 0.25) is 0 Å². The minimum Gasteiger partial charge on any atom is -0.353 e. The van der Waals surface area contributed by atoms with Crippen LogP contribution in [0, 0.1) is 5.92 Å². The first-order chi connectivity index (χ1) is 11.3. The summed E-state index contributed by atoms with van der Waals surface area (Å²) in [5.74, 6) is 0.267. The fourth-order valence-electron chi connectivity index (χ4n) is 2.18. The van der Waals surface area contributed by atoms with Crippen molar-refractivity contribution in [2.45, 2.75) is 52.0 Å². The number of amides is 2. The molecule has 0 aromatic heterocycles. The van der Waals surface area contributed by atoms with Gasteiger partial charge in [-0.3, -0.25) is 14.4 Å². The van der Waals surface area contributed by atoms with Gasteiger partial charge in [-0.1, -0.05) is 20.3 Å². The quantitative estimate of drug-likeness (QED) is 0.342. The number of Topliss-reactive ketones (excluding diaryl/α,β-unsaturated/α-hetero) is 1. The zero-order valence-corrected chi connectivity index (χ0v) is 16.3. The van der Waals surface area contributed by atoms with E-state index < -0.39 is 6.04 Å². The summed E-state index contributed by atoms with van der Waals surface area (Å²) >= 11 is 4.15. The normalized spacial score (nSPS) is 12.1. The molecule has 0 rings (SSSR count). The summed E-state index contributed by atoms with van der Waals surface area (Å²) in [7, 11) is 3.41. The number of thiol groups is 1. The smallest absolute Gasteiger partial charge is 0.243 e. The maximum Gasteiger partial charge on any atom is 0.243 e. The first-order valence-corrected chi connectivity index (χ1v) is 9.29. The van der Waals surface area contributed by atoms with E-state index >= 15 is 0 Å². The number of hydrogen-bond acceptors (Lipinski definition) is 5. The number of likely N-dealkylation sites (N-methyl/N-ethyl adjacent to an activating group) is 2. The molecular weight excluding hydrogens is 326 g/mol. The fourth-order valence-corrected chi connectivity index (χ4v) is 2.40. The highest BCUT2D eigenvalue weighted by Crippen LogP contribution is 2.12. The van der Waals surface area contributed by atoms with Crippen molar-refractivity contribution in [3.8, 4) is 0 Å². The van der Waals surface area contributed by atoms with Gasteiger partial charge >= 0.3 is 0 Å². The summed E-state index contributed by atoms with van der Waals surface area (Å²) in [6.07, 6.45) is 3.13. The molecule has 0 bridgehead atoms. The van der Waals surface area contributed by atoms with Crippen molar-refractivity contribution in [1.29, 1.82) is 0 Å². The highest BCUT2D eigenvalue weighted by Gasteiger charge is 2.29. The number of carbonyl (C=O) groups is 3. The molecule has 0 radical (unpaired) electrons. The fraction of sp³-hybridized carbons (Fsp3) is 0.824. The SMILES string of the molecule is CNCCNC(=O)[C@H](CC(=O)C(C)C)N(C)C(=O)CCCCCS. The molecule has 0 fully saturated rings. The minimum atomic E-state index is -0.742. The van der Waals surface area contributed by atoms with E-state index in [1.807, 2.05) is 0 Å². The Balaban J connectivity index is 4.78. The number of nitrogens with zero attached hydrogens (tertiary/aromatic N) is 1. The highest BCUT2D eigenvalue weighted by atomic mass is 32.1. The standard InChI is InChI=1S/C17H33N3O3S/c1-13(2)15(21)12-14(17(23)19-10-9-18-3)20(4)16(22)8-6-5-7-11-24/h13-14,18,24H,5-12H2,1-4H3,(H,19,23)/t14-/m0/s1. The first kappa shape index (κ1) is 22.9. The molecule has 7 heteroatoms. The zero-order valence-electron chi connectivity index (χ0n) is 15.4. The van der Waals surface area contributed by atoms with Gasteiger partial charge in [-0.15, -0.1) is 0 Å². The largest absolute Gasteiger partial charge is 0.353 e. The van der Waals surface area contributed by atoms with Crippen LogP contribution in [0.3, 0.4) is 0 Å². The van der Waals surface area contributed by atoms with E-state index in [4.69, 9.17) is 0 Å². The van der Waals surface area contributed by atoms with Crippen LogP contribution in [0.1, 0.15) is 46.0 Å². The molecule has 24 heavy (non-hydrogen) atoms. The summed E-state index contributed by atoms with van der Waals surface area (Å²) in [4.78, 5) is 38.2. The lowest BCUT2D eigenvalue weighted by Gasteiger charge is -2.27. The summed E-state index contributed by atoms with van der Waals surface area (Å²) in [6, 6.07) is -0.742. The number of carbonyl (C=O) groups excluding carboxylic acids is 3. The second kappa shape index (κ2) is 13.2. The second-order valence-corrected chi connectivity index (χ2v) is 6.72. The van der Waals surface area contributed by atoms with Crippen LogP contribution in [0.25, 0.3) is 0 Å². The molecule has 0 aliphatic heterocycles. The van der Waals surface area contributed by atoms with Gasteiger partial charge in [-0.2, -0.15) is 12.6 Å². The second-order valence-electron chi connectivity index (χ2n) is 6.27. The molecule has 0 heterocycles. The summed E-state index contributed by atoms with van der Waals surface area (Å²) in [5, 5.41) is 5.73. The predicted molar refractivity (Wildman–Crippen MR) is 100 cm³/mol. The molecular formula is C17H33N3O3S. The van der Waals surface area contributed by atoms with Crippen molar-refractivity contribution in [1.82, 2.24) is 15.5 Å². The van der Waals surface area contributed by atoms with Gasteiger partial charge < -0.3 is 15.5 Å². The Morgan fingerprint density at radius 3 is 2.29 bits per heavy atom. The summed E-state index contributed by atoms with van der Waals surface area (Å²) in [5.41, 5.74) is 0. The topological polar surface area (TPSA) is 78.5 Å². The van der Waals surface area contributed by atoms with Crippen LogP contribution < -0.4 is 10.6 Å². The van der Waals surface area contributed by atoms with Gasteiger partial charge in [0.15, 0.2) is 0 Å². The van der Waals surface area contributed by atoms with E-state index in [0.29, 0.717) is 19.5 Å². The Labute approximate surface area is 151 Å². The van der Waals surface area contributed by atoms with Gasteiger partial charge in [0, 0.05) is 38.9 Å². The summed E-state index contributed by atoms with van der Waals surface area (Å²) < 4.78 is 0. The van der Waals surface area contributed by atoms with Gasteiger partial charge in [0.1, 0.15) is 11.8 Å². The van der Waals surface area contributed by atoms with E-state index in [1.54, 1.807) is 27.9 Å². The monoisotopic (exact) mass is 359 g/mol. The molecule has 0 aromatic rings. The van der Waals surface area contributed by atoms with Crippen molar-refractivity contribution >= 4 is 30.2 Å². The van der Waals surface area contributed by atoms with E-state index in [1.165, 1.54) is 4.90 Å². The van der Waals surface area contributed by atoms with Crippen LogP contribution >= 0.6 is 12.6 Å².